The standard InChI is InChI=1S/C19H19.C9H7.C2H6Si.2ClH.Zr/c1-13(2)15-7-9-16(10-8-15)18-6-4-5-17-11-14(3)12-19(17)18;1-2-5-9-7-3-6-8(9)4-1;1-3-2;;;/h4-13H,1-3H3;1-7H;1-2H3;2*1H;/q2*-1;;;;+4/p-2. The Morgan fingerprint density at radius 2 is 1.44 bits per heavy atom. The summed E-state index contributed by atoms with van der Waals surface area (Å²) in [4.78, 5) is 0. The van der Waals surface area contributed by atoms with E-state index in [0.29, 0.717) is 5.92 Å². The predicted molar refractivity (Wildman–Crippen MR) is 153 cm³/mol. The van der Waals surface area contributed by atoms with Crippen LogP contribution in [0.25, 0.3) is 32.7 Å². The molecule has 34 heavy (non-hydrogen) atoms. The number of benzene rings is 3. The molecule has 2 radical (unpaired) electrons. The zero-order chi connectivity index (χ0) is 24.9. The van der Waals surface area contributed by atoms with Crippen LogP contribution in [-0.2, 0) is 20.8 Å². The van der Waals surface area contributed by atoms with E-state index in [9.17, 15) is 0 Å². The second-order valence-electron chi connectivity index (χ2n) is 8.34. The van der Waals surface area contributed by atoms with Crippen molar-refractivity contribution in [2.24, 2.45) is 0 Å². The van der Waals surface area contributed by atoms with Gasteiger partial charge in [0.05, 0.1) is 0 Å². The zero-order valence-electron chi connectivity index (χ0n) is 20.6. The molecule has 0 saturated heterocycles. The molecule has 0 aliphatic heterocycles. The summed E-state index contributed by atoms with van der Waals surface area (Å²) in [6.45, 7) is 10.9. The van der Waals surface area contributed by atoms with Crippen molar-refractivity contribution in [3.63, 3.8) is 0 Å². The van der Waals surface area contributed by atoms with Gasteiger partial charge in [-0.25, -0.2) is 0 Å². The molecular formula is C30H32Cl2SiZr. The Balaban J connectivity index is 0.000000225. The molecule has 0 unspecified atom stereocenters. The van der Waals surface area contributed by atoms with Gasteiger partial charge in [0.2, 0.25) is 0 Å². The molecule has 0 N–H and O–H groups in total. The van der Waals surface area contributed by atoms with Crippen LogP contribution in [0.5, 0.6) is 0 Å². The summed E-state index contributed by atoms with van der Waals surface area (Å²) in [5.74, 6) is 0.589. The summed E-state index contributed by atoms with van der Waals surface area (Å²) in [6.07, 6.45) is 0. The van der Waals surface area contributed by atoms with Crippen molar-refractivity contribution < 1.29 is 20.8 Å². The second kappa shape index (κ2) is 15.5. The topological polar surface area (TPSA) is 0 Å². The molecule has 5 aromatic rings. The smallest absolute Gasteiger partial charge is 0.0809 e. The molecule has 5 aromatic carbocycles. The monoisotopic (exact) mass is 580 g/mol. The van der Waals surface area contributed by atoms with Gasteiger partial charge in [-0.15, -0.1) is 64.2 Å². The van der Waals surface area contributed by atoms with E-state index in [1.807, 2.05) is 0 Å². The largest absolute Gasteiger partial charge is 0.168 e. The number of halogens is 2. The summed E-state index contributed by atoms with van der Waals surface area (Å²) < 4.78 is 0. The van der Waals surface area contributed by atoms with E-state index >= 15 is 0 Å². The van der Waals surface area contributed by atoms with Crippen molar-refractivity contribution in [1.29, 1.82) is 0 Å². The van der Waals surface area contributed by atoms with Crippen LogP contribution in [0, 0.1) is 6.92 Å². The third kappa shape index (κ3) is 8.65. The fraction of sp³-hybridized carbons (Fsp3) is 0.200. The quantitative estimate of drug-likeness (QED) is 0.143. The first-order chi connectivity index (χ1) is 16.4. The Labute approximate surface area is 226 Å². The number of hydrogen-bond donors (Lipinski definition) is 0. The van der Waals surface area contributed by atoms with Gasteiger partial charge < -0.3 is 0 Å². The van der Waals surface area contributed by atoms with Crippen molar-refractivity contribution in [3.8, 4) is 11.1 Å². The second-order valence-corrected chi connectivity index (χ2v) is 13.1. The molecule has 0 bridgehead atoms. The fourth-order valence-corrected chi connectivity index (χ4v) is 3.75. The van der Waals surface area contributed by atoms with Gasteiger partial charge >= 0.3 is 37.9 Å². The Hall–Kier alpha value is -1.44. The van der Waals surface area contributed by atoms with Gasteiger partial charge in [-0.1, -0.05) is 75.8 Å². The van der Waals surface area contributed by atoms with Crippen LogP contribution < -0.4 is 0 Å². The van der Waals surface area contributed by atoms with E-state index in [-0.39, 0.29) is 0 Å². The SMILES string of the molecule is C[Si]C.Cc1cc2c(-c3ccc(C(C)C)cc3)cccc2[cH-]1.[Cl][Zr+2][Cl].c1ccc2[cH-]ccc2c1. The van der Waals surface area contributed by atoms with Gasteiger partial charge in [0.25, 0.3) is 0 Å². The molecule has 174 valence electrons. The molecule has 0 aliphatic rings. The summed E-state index contributed by atoms with van der Waals surface area (Å²) >= 11 is -0.826. The molecule has 0 spiro atoms. The van der Waals surface area contributed by atoms with Crippen LogP contribution >= 0.6 is 17.0 Å². The first kappa shape index (κ1) is 28.8. The van der Waals surface area contributed by atoms with Crippen LogP contribution in [0.15, 0.2) is 97.1 Å². The van der Waals surface area contributed by atoms with Crippen molar-refractivity contribution >= 4 is 48.1 Å². The Morgan fingerprint density at radius 3 is 2.06 bits per heavy atom. The maximum atomic E-state index is 4.93. The van der Waals surface area contributed by atoms with Gasteiger partial charge in [0.1, 0.15) is 0 Å². The minimum absolute atomic E-state index is 0.589. The molecule has 5 rings (SSSR count). The van der Waals surface area contributed by atoms with E-state index in [0.717, 1.165) is 9.52 Å². The maximum absolute atomic E-state index is 4.93. The van der Waals surface area contributed by atoms with Gasteiger partial charge in [0, 0.05) is 9.52 Å². The Kier molecular flexibility index (Phi) is 13.2. The number of fused-ring (bicyclic) bond motifs is 2. The first-order valence-electron chi connectivity index (χ1n) is 11.4. The maximum Gasteiger partial charge on any atom is -0.0809 e. The third-order valence-electron chi connectivity index (χ3n) is 5.33. The summed E-state index contributed by atoms with van der Waals surface area (Å²) in [5, 5.41) is 5.36. The summed E-state index contributed by atoms with van der Waals surface area (Å²) in [6, 6.07) is 34.7. The number of hydrogen-bond acceptors (Lipinski definition) is 0. The molecule has 0 amide bonds. The van der Waals surface area contributed by atoms with E-state index < -0.39 is 20.8 Å². The summed E-state index contributed by atoms with van der Waals surface area (Å²) in [7, 11) is 11.0. The van der Waals surface area contributed by atoms with Crippen molar-refractivity contribution in [2.75, 3.05) is 0 Å². The fourth-order valence-electron chi connectivity index (χ4n) is 3.75. The van der Waals surface area contributed by atoms with Gasteiger partial charge in [-0.05, 0) is 17.0 Å². The van der Waals surface area contributed by atoms with Crippen LogP contribution in [0.1, 0.15) is 30.9 Å². The molecule has 0 heterocycles. The van der Waals surface area contributed by atoms with Crippen LogP contribution in [-0.4, -0.2) is 9.52 Å². The van der Waals surface area contributed by atoms with Crippen molar-refractivity contribution in [1.82, 2.24) is 0 Å². The average Bonchev–Trinajstić information content (AvgIpc) is 3.46. The number of aryl methyl sites for hydroxylation is 1. The van der Waals surface area contributed by atoms with E-state index in [2.05, 4.69) is 131 Å². The summed E-state index contributed by atoms with van der Waals surface area (Å²) in [5.41, 5.74) is 5.37. The number of rotatable bonds is 2. The Morgan fingerprint density at radius 1 is 0.824 bits per heavy atom. The molecule has 0 aliphatic carbocycles. The van der Waals surface area contributed by atoms with Gasteiger partial charge in [-0.3, -0.25) is 0 Å². The van der Waals surface area contributed by atoms with Crippen molar-refractivity contribution in [3.05, 3.63) is 108 Å². The normalized spacial score (nSPS) is 9.88. The van der Waals surface area contributed by atoms with E-state index in [4.69, 9.17) is 17.0 Å². The molecule has 0 atom stereocenters. The Bertz CT molecular complexity index is 1200. The van der Waals surface area contributed by atoms with Crippen LogP contribution in [0.4, 0.5) is 0 Å². The first-order valence-corrected chi connectivity index (χ1v) is 19.7. The molecule has 0 saturated carbocycles. The molecule has 4 heteroatoms. The van der Waals surface area contributed by atoms with Gasteiger partial charge in [-0.2, -0.15) is 23.6 Å². The van der Waals surface area contributed by atoms with Crippen molar-refractivity contribution in [2.45, 2.75) is 39.8 Å². The van der Waals surface area contributed by atoms with Crippen LogP contribution in [0.2, 0.25) is 13.1 Å². The van der Waals surface area contributed by atoms with E-state index in [1.54, 1.807) is 0 Å². The molecule has 0 fully saturated rings. The molecule has 0 aromatic heterocycles. The minimum atomic E-state index is -0.826. The molecular weight excluding hydrogens is 551 g/mol. The molecule has 0 nitrogen and oxygen atoms in total. The van der Waals surface area contributed by atoms with E-state index in [1.165, 1.54) is 43.8 Å². The average molecular weight is 583 g/mol. The minimum Gasteiger partial charge on any atom is -0.168 e. The third-order valence-corrected chi connectivity index (χ3v) is 5.33. The van der Waals surface area contributed by atoms with Crippen LogP contribution in [0.3, 0.4) is 0 Å². The predicted octanol–water partition coefficient (Wildman–Crippen LogP) is 10.4. The zero-order valence-corrected chi connectivity index (χ0v) is 25.5. The van der Waals surface area contributed by atoms with Gasteiger partial charge in [0.15, 0.2) is 0 Å².